The first-order chi connectivity index (χ1) is 16.4. The molecule has 34 heavy (non-hydrogen) atoms. The molecule has 1 aliphatic rings. The molecule has 1 saturated carbocycles. The highest BCUT2D eigenvalue weighted by Gasteiger charge is 2.34. The SMILES string of the molecule is CC(=O)c1ccc(N(C(=O)Cc2cccs2)C(C(=O)NC2CCCC2)c2ccc(F)cc2)cc1. The Bertz CT molecular complexity index is 1140. The molecule has 2 aromatic carbocycles. The van der Waals surface area contributed by atoms with E-state index in [0.29, 0.717) is 16.8 Å². The van der Waals surface area contributed by atoms with Crippen LogP contribution in [-0.4, -0.2) is 23.6 Å². The molecule has 1 fully saturated rings. The van der Waals surface area contributed by atoms with Crippen LogP contribution in [0.5, 0.6) is 0 Å². The first-order valence-electron chi connectivity index (χ1n) is 11.4. The zero-order valence-electron chi connectivity index (χ0n) is 19.0. The second-order valence-corrected chi connectivity index (χ2v) is 9.60. The predicted molar refractivity (Wildman–Crippen MR) is 131 cm³/mol. The number of ketones is 1. The smallest absolute Gasteiger partial charge is 0.248 e. The third-order valence-electron chi connectivity index (χ3n) is 6.12. The molecule has 2 amide bonds. The normalized spacial score (nSPS) is 14.5. The summed E-state index contributed by atoms with van der Waals surface area (Å²) in [4.78, 5) is 41.4. The van der Waals surface area contributed by atoms with Gasteiger partial charge in [0, 0.05) is 22.2 Å². The van der Waals surface area contributed by atoms with E-state index in [9.17, 15) is 18.8 Å². The fourth-order valence-electron chi connectivity index (χ4n) is 4.35. The summed E-state index contributed by atoms with van der Waals surface area (Å²) >= 11 is 1.47. The second kappa shape index (κ2) is 10.7. The van der Waals surface area contributed by atoms with Crippen LogP contribution in [-0.2, 0) is 16.0 Å². The number of hydrogen-bond acceptors (Lipinski definition) is 4. The molecule has 1 heterocycles. The highest BCUT2D eigenvalue weighted by Crippen LogP contribution is 2.31. The Morgan fingerprint density at radius 1 is 1.03 bits per heavy atom. The standard InChI is InChI=1S/C27H27FN2O3S/c1-18(31)19-10-14-23(15-11-19)30(25(32)17-24-7-4-16-34-24)26(20-8-12-21(28)13-9-20)27(33)29-22-5-2-3-6-22/h4,7-16,22,26H,2-3,5-6,17H2,1H3,(H,29,33). The summed E-state index contributed by atoms with van der Waals surface area (Å²) in [6.45, 7) is 1.48. The largest absolute Gasteiger partial charge is 0.351 e. The van der Waals surface area contributed by atoms with Gasteiger partial charge in [-0.15, -0.1) is 11.3 Å². The maximum atomic E-state index is 13.7. The Kier molecular flexibility index (Phi) is 7.53. The van der Waals surface area contributed by atoms with Crippen molar-refractivity contribution in [2.75, 3.05) is 4.90 Å². The van der Waals surface area contributed by atoms with E-state index >= 15 is 0 Å². The van der Waals surface area contributed by atoms with E-state index < -0.39 is 11.9 Å². The lowest BCUT2D eigenvalue weighted by molar-refractivity contribution is -0.127. The van der Waals surface area contributed by atoms with Crippen molar-refractivity contribution in [3.8, 4) is 0 Å². The summed E-state index contributed by atoms with van der Waals surface area (Å²) in [7, 11) is 0. The summed E-state index contributed by atoms with van der Waals surface area (Å²) in [5, 5.41) is 5.01. The molecule has 0 bridgehead atoms. The zero-order chi connectivity index (χ0) is 24.1. The molecule has 4 rings (SSSR count). The number of halogens is 1. The molecule has 7 heteroatoms. The number of carbonyl (C=O) groups excluding carboxylic acids is 3. The zero-order valence-corrected chi connectivity index (χ0v) is 19.8. The molecular weight excluding hydrogens is 451 g/mol. The molecule has 0 radical (unpaired) electrons. The monoisotopic (exact) mass is 478 g/mol. The van der Waals surface area contributed by atoms with Crippen LogP contribution >= 0.6 is 11.3 Å². The maximum absolute atomic E-state index is 13.7. The van der Waals surface area contributed by atoms with Crippen molar-refractivity contribution < 1.29 is 18.8 Å². The van der Waals surface area contributed by atoms with E-state index in [4.69, 9.17) is 0 Å². The molecule has 0 aliphatic heterocycles. The van der Waals surface area contributed by atoms with Crippen LogP contribution in [0.25, 0.3) is 0 Å². The van der Waals surface area contributed by atoms with Gasteiger partial charge >= 0.3 is 0 Å². The minimum absolute atomic E-state index is 0.0600. The van der Waals surface area contributed by atoms with Crippen LogP contribution in [0.3, 0.4) is 0 Å². The number of rotatable bonds is 8. The Morgan fingerprint density at radius 2 is 1.71 bits per heavy atom. The van der Waals surface area contributed by atoms with E-state index in [1.54, 1.807) is 36.4 Å². The summed E-state index contributed by atoms with van der Waals surface area (Å²) in [5.74, 6) is -1.05. The van der Waals surface area contributed by atoms with Gasteiger partial charge in [-0.05, 0) is 73.2 Å². The van der Waals surface area contributed by atoms with E-state index in [-0.39, 0.29) is 30.1 Å². The third-order valence-corrected chi connectivity index (χ3v) is 7.00. The van der Waals surface area contributed by atoms with Gasteiger partial charge in [0.2, 0.25) is 11.8 Å². The van der Waals surface area contributed by atoms with Crippen molar-refractivity contribution in [1.29, 1.82) is 0 Å². The fourth-order valence-corrected chi connectivity index (χ4v) is 5.05. The van der Waals surface area contributed by atoms with Crippen LogP contribution in [0.4, 0.5) is 10.1 Å². The van der Waals surface area contributed by atoms with E-state index in [1.165, 1.54) is 35.3 Å². The molecule has 1 atom stereocenters. The highest BCUT2D eigenvalue weighted by atomic mass is 32.1. The Hall–Kier alpha value is -3.32. The number of nitrogens with zero attached hydrogens (tertiary/aromatic N) is 1. The van der Waals surface area contributed by atoms with Gasteiger partial charge in [0.05, 0.1) is 6.42 Å². The quantitative estimate of drug-likeness (QED) is 0.437. The number of thiophene rings is 1. The van der Waals surface area contributed by atoms with Crippen molar-refractivity contribution >= 4 is 34.6 Å². The Balaban J connectivity index is 1.76. The first kappa shape index (κ1) is 23.8. The van der Waals surface area contributed by atoms with Crippen molar-refractivity contribution in [2.45, 2.75) is 51.1 Å². The number of benzene rings is 2. The molecule has 1 unspecified atom stereocenters. The number of Topliss-reactive ketones (excluding diaryl/α,β-unsaturated/α-hetero) is 1. The summed E-state index contributed by atoms with van der Waals surface area (Å²) in [5.41, 5.74) is 1.54. The van der Waals surface area contributed by atoms with Crippen molar-refractivity contribution in [1.82, 2.24) is 5.32 Å². The van der Waals surface area contributed by atoms with Gasteiger partial charge in [0.1, 0.15) is 11.9 Å². The van der Waals surface area contributed by atoms with Gasteiger partial charge in [0.25, 0.3) is 0 Å². The van der Waals surface area contributed by atoms with Crippen molar-refractivity contribution in [2.24, 2.45) is 0 Å². The Morgan fingerprint density at radius 3 is 2.29 bits per heavy atom. The molecule has 0 saturated heterocycles. The van der Waals surface area contributed by atoms with Gasteiger partial charge < -0.3 is 5.32 Å². The molecule has 1 N–H and O–H groups in total. The van der Waals surface area contributed by atoms with Gasteiger partial charge in [-0.2, -0.15) is 0 Å². The van der Waals surface area contributed by atoms with Crippen LogP contribution < -0.4 is 10.2 Å². The highest BCUT2D eigenvalue weighted by molar-refractivity contribution is 7.10. The van der Waals surface area contributed by atoms with Crippen LogP contribution in [0, 0.1) is 5.82 Å². The number of anilines is 1. The average Bonchev–Trinajstić information content (AvgIpc) is 3.52. The number of amides is 2. The van der Waals surface area contributed by atoms with Crippen LogP contribution in [0.1, 0.15) is 59.4 Å². The summed E-state index contributed by atoms with van der Waals surface area (Å²) < 4.78 is 13.7. The molecule has 1 aromatic heterocycles. The van der Waals surface area contributed by atoms with E-state index in [1.807, 2.05) is 17.5 Å². The summed E-state index contributed by atoms with van der Waals surface area (Å²) in [6, 6.07) is 15.2. The Labute approximate surface area is 202 Å². The van der Waals surface area contributed by atoms with E-state index in [2.05, 4.69) is 5.32 Å². The molecule has 3 aromatic rings. The lowest BCUT2D eigenvalue weighted by Gasteiger charge is -2.32. The van der Waals surface area contributed by atoms with Gasteiger partial charge in [0.15, 0.2) is 5.78 Å². The number of hydrogen-bond donors (Lipinski definition) is 1. The maximum Gasteiger partial charge on any atom is 0.248 e. The minimum Gasteiger partial charge on any atom is -0.351 e. The van der Waals surface area contributed by atoms with Crippen LogP contribution in [0.15, 0.2) is 66.0 Å². The third kappa shape index (κ3) is 5.59. The van der Waals surface area contributed by atoms with E-state index in [0.717, 1.165) is 30.6 Å². The first-order valence-corrected chi connectivity index (χ1v) is 12.3. The average molecular weight is 479 g/mol. The van der Waals surface area contributed by atoms with Gasteiger partial charge in [-0.25, -0.2) is 4.39 Å². The van der Waals surface area contributed by atoms with Gasteiger partial charge in [-0.1, -0.05) is 31.0 Å². The molecule has 5 nitrogen and oxygen atoms in total. The van der Waals surface area contributed by atoms with Gasteiger partial charge in [-0.3, -0.25) is 19.3 Å². The van der Waals surface area contributed by atoms with Crippen molar-refractivity contribution in [3.05, 3.63) is 87.9 Å². The number of nitrogens with one attached hydrogen (secondary N) is 1. The molecule has 0 spiro atoms. The fraction of sp³-hybridized carbons (Fsp3) is 0.296. The molecular formula is C27H27FN2O3S. The lowest BCUT2D eigenvalue weighted by Crippen LogP contribution is -2.46. The van der Waals surface area contributed by atoms with Crippen LogP contribution in [0.2, 0.25) is 0 Å². The second-order valence-electron chi connectivity index (χ2n) is 8.57. The van der Waals surface area contributed by atoms with Crippen molar-refractivity contribution in [3.63, 3.8) is 0 Å². The predicted octanol–water partition coefficient (Wildman–Crippen LogP) is 5.47. The number of carbonyl (C=O) groups is 3. The topological polar surface area (TPSA) is 66.5 Å². The minimum atomic E-state index is -0.975. The lowest BCUT2D eigenvalue weighted by atomic mass is 10.0. The molecule has 176 valence electrons. The molecule has 1 aliphatic carbocycles. The summed E-state index contributed by atoms with van der Waals surface area (Å²) in [6.07, 6.45) is 4.04.